The SMILES string of the molecule is CCNC(C)c1ccn(Cc2ccccc2C#N)c1. The van der Waals surface area contributed by atoms with Crippen LogP contribution in [0, 0.1) is 11.3 Å². The first kappa shape index (κ1) is 13.4. The highest BCUT2D eigenvalue weighted by molar-refractivity contribution is 5.37. The van der Waals surface area contributed by atoms with Gasteiger partial charge in [0.1, 0.15) is 0 Å². The lowest BCUT2D eigenvalue weighted by atomic mass is 10.1. The molecule has 0 bridgehead atoms. The van der Waals surface area contributed by atoms with E-state index in [1.165, 1.54) is 5.56 Å². The Kier molecular flexibility index (Phi) is 4.38. The lowest BCUT2D eigenvalue weighted by Gasteiger charge is -2.10. The van der Waals surface area contributed by atoms with E-state index in [0.29, 0.717) is 6.04 Å². The molecule has 1 aromatic carbocycles. The van der Waals surface area contributed by atoms with E-state index in [4.69, 9.17) is 5.26 Å². The molecule has 0 saturated heterocycles. The number of hydrogen-bond acceptors (Lipinski definition) is 2. The van der Waals surface area contributed by atoms with Crippen molar-refractivity contribution in [3.8, 4) is 6.07 Å². The molecule has 0 amide bonds. The van der Waals surface area contributed by atoms with E-state index in [1.54, 1.807) is 0 Å². The van der Waals surface area contributed by atoms with E-state index in [-0.39, 0.29) is 0 Å². The largest absolute Gasteiger partial charge is 0.350 e. The summed E-state index contributed by atoms with van der Waals surface area (Å²) in [4.78, 5) is 0. The van der Waals surface area contributed by atoms with Crippen molar-refractivity contribution in [1.29, 1.82) is 5.26 Å². The summed E-state index contributed by atoms with van der Waals surface area (Å²) in [6.07, 6.45) is 4.21. The summed E-state index contributed by atoms with van der Waals surface area (Å²) in [5.74, 6) is 0. The van der Waals surface area contributed by atoms with E-state index in [0.717, 1.165) is 24.2 Å². The zero-order valence-electron chi connectivity index (χ0n) is 11.4. The van der Waals surface area contributed by atoms with Crippen LogP contribution in [-0.2, 0) is 6.54 Å². The first-order chi connectivity index (χ1) is 9.24. The van der Waals surface area contributed by atoms with Crippen LogP contribution in [0.5, 0.6) is 0 Å². The van der Waals surface area contributed by atoms with Gasteiger partial charge in [0.15, 0.2) is 0 Å². The van der Waals surface area contributed by atoms with Gasteiger partial charge in [-0.05, 0) is 36.7 Å². The van der Waals surface area contributed by atoms with Gasteiger partial charge in [-0.2, -0.15) is 5.26 Å². The van der Waals surface area contributed by atoms with Gasteiger partial charge in [-0.25, -0.2) is 0 Å². The van der Waals surface area contributed by atoms with Crippen molar-refractivity contribution in [3.05, 3.63) is 59.4 Å². The van der Waals surface area contributed by atoms with E-state index >= 15 is 0 Å². The fourth-order valence-electron chi connectivity index (χ4n) is 2.20. The molecule has 0 radical (unpaired) electrons. The molecule has 1 aromatic heterocycles. The summed E-state index contributed by atoms with van der Waals surface area (Å²) in [7, 11) is 0. The Labute approximate surface area is 114 Å². The van der Waals surface area contributed by atoms with Gasteiger partial charge < -0.3 is 9.88 Å². The topological polar surface area (TPSA) is 40.8 Å². The maximum atomic E-state index is 9.09. The Hall–Kier alpha value is -2.05. The van der Waals surface area contributed by atoms with E-state index in [1.807, 2.05) is 24.3 Å². The Bertz CT molecular complexity index is 578. The van der Waals surface area contributed by atoms with Gasteiger partial charge >= 0.3 is 0 Å². The van der Waals surface area contributed by atoms with Crippen molar-refractivity contribution in [3.63, 3.8) is 0 Å². The third kappa shape index (κ3) is 3.24. The highest BCUT2D eigenvalue weighted by Crippen LogP contribution is 2.15. The van der Waals surface area contributed by atoms with Gasteiger partial charge in [-0.3, -0.25) is 0 Å². The molecule has 1 unspecified atom stereocenters. The van der Waals surface area contributed by atoms with Crippen molar-refractivity contribution >= 4 is 0 Å². The highest BCUT2D eigenvalue weighted by atomic mass is 15.0. The van der Waals surface area contributed by atoms with Crippen LogP contribution in [0.15, 0.2) is 42.7 Å². The molecule has 19 heavy (non-hydrogen) atoms. The molecule has 3 heteroatoms. The van der Waals surface area contributed by atoms with Gasteiger partial charge in [0.05, 0.1) is 11.6 Å². The molecule has 0 aliphatic heterocycles. The van der Waals surface area contributed by atoms with E-state index in [2.05, 4.69) is 48.3 Å². The second-order valence-corrected chi connectivity index (χ2v) is 4.67. The minimum atomic E-state index is 0.359. The minimum absolute atomic E-state index is 0.359. The molecule has 0 aliphatic carbocycles. The number of aromatic nitrogens is 1. The summed E-state index contributed by atoms with van der Waals surface area (Å²) in [6.45, 7) is 5.97. The molecule has 1 N–H and O–H groups in total. The number of nitriles is 1. The molecule has 0 aliphatic rings. The fourth-order valence-corrected chi connectivity index (χ4v) is 2.20. The molecule has 1 atom stereocenters. The number of benzene rings is 1. The van der Waals surface area contributed by atoms with Crippen LogP contribution < -0.4 is 5.32 Å². The van der Waals surface area contributed by atoms with Crippen molar-refractivity contribution in [2.75, 3.05) is 6.54 Å². The van der Waals surface area contributed by atoms with Crippen molar-refractivity contribution < 1.29 is 0 Å². The zero-order valence-corrected chi connectivity index (χ0v) is 11.4. The lowest BCUT2D eigenvalue weighted by Crippen LogP contribution is -2.17. The molecule has 3 nitrogen and oxygen atoms in total. The molecular weight excluding hydrogens is 234 g/mol. The molecule has 98 valence electrons. The van der Waals surface area contributed by atoms with Gasteiger partial charge in [-0.1, -0.05) is 25.1 Å². The van der Waals surface area contributed by atoms with Crippen LogP contribution in [0.4, 0.5) is 0 Å². The summed E-state index contributed by atoms with van der Waals surface area (Å²) >= 11 is 0. The number of nitrogens with one attached hydrogen (secondary N) is 1. The van der Waals surface area contributed by atoms with Crippen LogP contribution in [-0.4, -0.2) is 11.1 Å². The van der Waals surface area contributed by atoms with Crippen LogP contribution in [0.1, 0.15) is 36.6 Å². The number of hydrogen-bond donors (Lipinski definition) is 1. The quantitative estimate of drug-likeness (QED) is 0.889. The summed E-state index contributed by atoms with van der Waals surface area (Å²) < 4.78 is 2.12. The van der Waals surface area contributed by atoms with Crippen molar-refractivity contribution in [2.24, 2.45) is 0 Å². The molecule has 0 fully saturated rings. The number of nitrogens with zero attached hydrogens (tertiary/aromatic N) is 2. The third-order valence-corrected chi connectivity index (χ3v) is 3.27. The van der Waals surface area contributed by atoms with Crippen LogP contribution >= 0.6 is 0 Å². The highest BCUT2D eigenvalue weighted by Gasteiger charge is 2.06. The monoisotopic (exact) mass is 253 g/mol. The molecule has 0 saturated carbocycles. The van der Waals surface area contributed by atoms with E-state index < -0.39 is 0 Å². The summed E-state index contributed by atoms with van der Waals surface area (Å²) in [6, 6.07) is 12.5. The Morgan fingerprint density at radius 2 is 2.11 bits per heavy atom. The van der Waals surface area contributed by atoms with Crippen LogP contribution in [0.2, 0.25) is 0 Å². The molecular formula is C16H19N3. The molecule has 2 rings (SSSR count). The fraction of sp³-hybridized carbons (Fsp3) is 0.312. The van der Waals surface area contributed by atoms with Crippen LogP contribution in [0.25, 0.3) is 0 Å². The third-order valence-electron chi connectivity index (χ3n) is 3.27. The minimum Gasteiger partial charge on any atom is -0.350 e. The first-order valence-electron chi connectivity index (χ1n) is 6.61. The van der Waals surface area contributed by atoms with Gasteiger partial charge in [0.2, 0.25) is 0 Å². The maximum absolute atomic E-state index is 9.09. The second kappa shape index (κ2) is 6.21. The molecule has 0 spiro atoms. The molecule has 2 aromatic rings. The first-order valence-corrected chi connectivity index (χ1v) is 6.61. The van der Waals surface area contributed by atoms with E-state index in [9.17, 15) is 0 Å². The van der Waals surface area contributed by atoms with Gasteiger partial charge in [-0.15, -0.1) is 0 Å². The summed E-state index contributed by atoms with van der Waals surface area (Å²) in [5.41, 5.74) is 3.08. The second-order valence-electron chi connectivity index (χ2n) is 4.67. The van der Waals surface area contributed by atoms with Gasteiger partial charge in [0, 0.05) is 25.0 Å². The Morgan fingerprint density at radius 3 is 2.84 bits per heavy atom. The normalized spacial score (nSPS) is 12.1. The van der Waals surface area contributed by atoms with Crippen LogP contribution in [0.3, 0.4) is 0 Å². The average molecular weight is 253 g/mol. The summed E-state index contributed by atoms with van der Waals surface area (Å²) in [5, 5.41) is 12.5. The smallest absolute Gasteiger partial charge is 0.0995 e. The predicted molar refractivity (Wildman–Crippen MR) is 76.8 cm³/mol. The zero-order chi connectivity index (χ0) is 13.7. The standard InChI is InChI=1S/C16H19N3/c1-3-18-13(2)15-8-9-19(11-15)12-16-7-5-4-6-14(16)10-17/h4-9,11,13,18H,3,12H2,1-2H3. The van der Waals surface area contributed by atoms with Crippen molar-refractivity contribution in [2.45, 2.75) is 26.4 Å². The predicted octanol–water partition coefficient (Wildman–Crippen LogP) is 3.08. The Balaban J connectivity index is 2.14. The number of rotatable bonds is 5. The molecule has 1 heterocycles. The lowest BCUT2D eigenvalue weighted by molar-refractivity contribution is 0.596. The Morgan fingerprint density at radius 1 is 1.32 bits per heavy atom. The van der Waals surface area contributed by atoms with Gasteiger partial charge in [0.25, 0.3) is 0 Å². The van der Waals surface area contributed by atoms with Crippen molar-refractivity contribution in [1.82, 2.24) is 9.88 Å². The average Bonchev–Trinajstić information content (AvgIpc) is 2.88. The maximum Gasteiger partial charge on any atom is 0.0995 e.